The summed E-state index contributed by atoms with van der Waals surface area (Å²) in [5.74, 6) is 2.67. The molecule has 0 radical (unpaired) electrons. The molecule has 0 unspecified atom stereocenters. The highest BCUT2D eigenvalue weighted by atomic mass is 16.5. The maximum absolute atomic E-state index is 11.1. The molecule has 3 fully saturated rings. The van der Waals surface area contributed by atoms with Crippen molar-refractivity contribution < 1.29 is 14.3 Å². The summed E-state index contributed by atoms with van der Waals surface area (Å²) >= 11 is 0. The molecule has 0 saturated carbocycles. The lowest BCUT2D eigenvalue weighted by molar-refractivity contribution is -0.132. The highest BCUT2D eigenvalue weighted by Gasteiger charge is 2.34. The Labute approximate surface area is 200 Å². The summed E-state index contributed by atoms with van der Waals surface area (Å²) in [5.41, 5.74) is 1.93. The van der Waals surface area contributed by atoms with E-state index in [0.717, 1.165) is 68.0 Å². The second-order valence-electron chi connectivity index (χ2n) is 8.88. The SMILES string of the molecule is C=CC(=O)N1CC(N2CCCC2)C1.c1ccc2c(c1)Nc1ncnc(N3CCOCC3)c1CO2. The lowest BCUT2D eigenvalue weighted by Crippen LogP contribution is -2.60. The fourth-order valence-electron chi connectivity index (χ4n) is 4.77. The van der Waals surface area contributed by atoms with Crippen LogP contribution in [0.5, 0.6) is 5.75 Å². The first kappa shape index (κ1) is 22.6. The summed E-state index contributed by atoms with van der Waals surface area (Å²) in [7, 11) is 0. The second-order valence-corrected chi connectivity index (χ2v) is 8.88. The lowest BCUT2D eigenvalue weighted by atomic mass is 10.1. The van der Waals surface area contributed by atoms with Gasteiger partial charge in [-0.1, -0.05) is 18.7 Å². The Morgan fingerprint density at radius 2 is 1.85 bits per heavy atom. The Morgan fingerprint density at radius 3 is 2.62 bits per heavy atom. The number of ether oxygens (including phenoxy) is 2. The van der Waals surface area contributed by atoms with Crippen molar-refractivity contribution in [3.8, 4) is 5.75 Å². The molecule has 34 heavy (non-hydrogen) atoms. The number of morpholine rings is 1. The first-order valence-electron chi connectivity index (χ1n) is 12.0. The number of nitrogens with one attached hydrogen (secondary N) is 1. The number of fused-ring (bicyclic) bond motifs is 2. The molecule has 0 atom stereocenters. The van der Waals surface area contributed by atoms with Crippen LogP contribution in [-0.4, -0.2) is 84.2 Å². The average molecular weight is 465 g/mol. The molecule has 0 spiro atoms. The Balaban J connectivity index is 0.000000159. The summed E-state index contributed by atoms with van der Waals surface area (Å²) in [5, 5.41) is 3.35. The van der Waals surface area contributed by atoms with Gasteiger partial charge in [0.05, 0.1) is 24.5 Å². The zero-order chi connectivity index (χ0) is 23.3. The van der Waals surface area contributed by atoms with Crippen LogP contribution < -0.4 is 15.0 Å². The van der Waals surface area contributed by atoms with Crippen LogP contribution >= 0.6 is 0 Å². The van der Waals surface area contributed by atoms with Crippen LogP contribution in [0.1, 0.15) is 18.4 Å². The maximum atomic E-state index is 11.1. The molecule has 0 aliphatic carbocycles. The molecule has 1 amide bonds. The molecule has 9 nitrogen and oxygen atoms in total. The summed E-state index contributed by atoms with van der Waals surface area (Å²) < 4.78 is 11.3. The Kier molecular flexibility index (Phi) is 6.92. The number of benzene rings is 1. The number of nitrogens with zero attached hydrogens (tertiary/aromatic N) is 5. The van der Waals surface area contributed by atoms with Crippen molar-refractivity contribution in [2.24, 2.45) is 0 Å². The minimum atomic E-state index is 0.0791. The van der Waals surface area contributed by atoms with E-state index in [0.29, 0.717) is 12.6 Å². The molecule has 6 rings (SSSR count). The van der Waals surface area contributed by atoms with Gasteiger partial charge in [-0.05, 0) is 44.1 Å². The number of carbonyl (C=O) groups excluding carboxylic acids is 1. The van der Waals surface area contributed by atoms with Gasteiger partial charge in [0, 0.05) is 32.2 Å². The number of likely N-dealkylation sites (tertiary alicyclic amines) is 2. The van der Waals surface area contributed by atoms with E-state index in [1.165, 1.54) is 32.0 Å². The monoisotopic (exact) mass is 464 g/mol. The fraction of sp³-hybridized carbons (Fsp3) is 0.480. The van der Waals surface area contributed by atoms with Gasteiger partial charge in [-0.3, -0.25) is 9.69 Å². The number of hydrogen-bond acceptors (Lipinski definition) is 8. The number of anilines is 3. The van der Waals surface area contributed by atoms with Gasteiger partial charge in [-0.15, -0.1) is 0 Å². The third-order valence-electron chi connectivity index (χ3n) is 6.75. The van der Waals surface area contributed by atoms with Gasteiger partial charge in [0.15, 0.2) is 0 Å². The van der Waals surface area contributed by atoms with Gasteiger partial charge < -0.3 is 24.6 Å². The van der Waals surface area contributed by atoms with Gasteiger partial charge in [0.1, 0.15) is 30.3 Å². The molecule has 1 aromatic carbocycles. The molecule has 1 N–H and O–H groups in total. The zero-order valence-electron chi connectivity index (χ0n) is 19.5. The predicted octanol–water partition coefficient (Wildman–Crippen LogP) is 2.43. The van der Waals surface area contributed by atoms with E-state index in [1.807, 2.05) is 29.2 Å². The molecule has 9 heteroatoms. The van der Waals surface area contributed by atoms with E-state index in [9.17, 15) is 4.79 Å². The quantitative estimate of drug-likeness (QED) is 0.694. The van der Waals surface area contributed by atoms with Gasteiger partial charge >= 0.3 is 0 Å². The summed E-state index contributed by atoms with van der Waals surface area (Å²) in [6.07, 6.45) is 5.66. The summed E-state index contributed by atoms with van der Waals surface area (Å²) in [6, 6.07) is 8.51. The highest BCUT2D eigenvalue weighted by molar-refractivity contribution is 5.87. The van der Waals surface area contributed by atoms with Crippen LogP contribution in [0, 0.1) is 0 Å². The molecule has 3 saturated heterocycles. The van der Waals surface area contributed by atoms with Gasteiger partial charge in [0.25, 0.3) is 0 Å². The van der Waals surface area contributed by atoms with Crippen LogP contribution in [0.4, 0.5) is 17.3 Å². The molecule has 4 aliphatic rings. The van der Waals surface area contributed by atoms with Gasteiger partial charge in [0.2, 0.25) is 5.91 Å². The second kappa shape index (κ2) is 10.4. The molecule has 2 aromatic rings. The third-order valence-corrected chi connectivity index (χ3v) is 6.75. The largest absolute Gasteiger partial charge is 0.486 e. The van der Waals surface area contributed by atoms with Crippen LogP contribution in [0.3, 0.4) is 0 Å². The number of para-hydroxylation sites is 2. The molecule has 180 valence electrons. The minimum absolute atomic E-state index is 0.0791. The predicted molar refractivity (Wildman–Crippen MR) is 130 cm³/mol. The van der Waals surface area contributed by atoms with Crippen LogP contribution in [0.2, 0.25) is 0 Å². The van der Waals surface area contributed by atoms with E-state index < -0.39 is 0 Å². The number of aromatic nitrogens is 2. The van der Waals surface area contributed by atoms with Crippen molar-refractivity contribution in [1.82, 2.24) is 19.8 Å². The summed E-state index contributed by atoms with van der Waals surface area (Å²) in [4.78, 5) is 26.6. The van der Waals surface area contributed by atoms with Crippen LogP contribution in [0.25, 0.3) is 0 Å². The van der Waals surface area contributed by atoms with Crippen molar-refractivity contribution in [1.29, 1.82) is 0 Å². The third kappa shape index (κ3) is 4.85. The minimum Gasteiger partial charge on any atom is -0.486 e. The highest BCUT2D eigenvalue weighted by Crippen LogP contribution is 2.35. The molecule has 1 aromatic heterocycles. The van der Waals surface area contributed by atoms with E-state index in [1.54, 1.807) is 6.33 Å². The van der Waals surface area contributed by atoms with Crippen molar-refractivity contribution in [2.75, 3.05) is 62.7 Å². The first-order chi connectivity index (χ1) is 16.7. The first-order valence-corrected chi connectivity index (χ1v) is 12.0. The van der Waals surface area contributed by atoms with Crippen LogP contribution in [-0.2, 0) is 16.1 Å². The van der Waals surface area contributed by atoms with Crippen molar-refractivity contribution in [2.45, 2.75) is 25.5 Å². The van der Waals surface area contributed by atoms with Crippen molar-refractivity contribution in [3.63, 3.8) is 0 Å². The Morgan fingerprint density at radius 1 is 1.09 bits per heavy atom. The number of carbonyl (C=O) groups is 1. The topological polar surface area (TPSA) is 83.1 Å². The van der Waals surface area contributed by atoms with Crippen molar-refractivity contribution >= 4 is 23.2 Å². The fourth-order valence-corrected chi connectivity index (χ4v) is 4.77. The molecule has 5 heterocycles. The zero-order valence-corrected chi connectivity index (χ0v) is 19.5. The Bertz CT molecular complexity index is 1010. The number of hydrogen-bond donors (Lipinski definition) is 1. The Hall–Kier alpha value is -3.17. The standard InChI is InChI=1S/C15H16N4O2.C10H16N2O/c1-2-4-13-12(3-1)18-14-11(9-21-13)15(17-10-16-14)19-5-7-20-8-6-19;1-2-10(13)12-7-9(8-12)11-5-3-4-6-11/h1-4,10H,5-9H2,(H,16,17,18);2,9H,1,3-8H2. The lowest BCUT2D eigenvalue weighted by Gasteiger charge is -2.43. The van der Waals surface area contributed by atoms with E-state index >= 15 is 0 Å². The van der Waals surface area contributed by atoms with Crippen molar-refractivity contribution in [3.05, 3.63) is 48.8 Å². The number of rotatable bonds is 3. The summed E-state index contributed by atoms with van der Waals surface area (Å²) in [6.45, 7) is 11.4. The average Bonchev–Trinajstić information content (AvgIpc) is 3.30. The smallest absolute Gasteiger partial charge is 0.246 e. The van der Waals surface area contributed by atoms with Gasteiger partial charge in [-0.25, -0.2) is 9.97 Å². The van der Waals surface area contributed by atoms with E-state index in [4.69, 9.17) is 9.47 Å². The number of amides is 1. The van der Waals surface area contributed by atoms with Gasteiger partial charge in [-0.2, -0.15) is 0 Å². The molecule has 4 aliphatic heterocycles. The normalized spacial score (nSPS) is 19.9. The van der Waals surface area contributed by atoms with E-state index in [-0.39, 0.29) is 5.91 Å². The molecular formula is C25H32N6O3. The molecule has 0 bridgehead atoms. The van der Waals surface area contributed by atoms with E-state index in [2.05, 4.69) is 31.7 Å². The van der Waals surface area contributed by atoms with Crippen LogP contribution in [0.15, 0.2) is 43.2 Å². The maximum Gasteiger partial charge on any atom is 0.246 e. The molecular weight excluding hydrogens is 432 g/mol.